The summed E-state index contributed by atoms with van der Waals surface area (Å²) in [7, 11) is 0. The Hall–Kier alpha value is -1.08. The summed E-state index contributed by atoms with van der Waals surface area (Å²) >= 11 is 0. The molecule has 0 saturated heterocycles. The monoisotopic (exact) mass is 215 g/mol. The normalized spacial score (nSPS) is 17.9. The van der Waals surface area contributed by atoms with E-state index in [0.29, 0.717) is 0 Å². The van der Waals surface area contributed by atoms with Crippen LogP contribution in [0.15, 0.2) is 42.0 Å². The zero-order valence-corrected chi connectivity index (χ0v) is 9.86. The summed E-state index contributed by atoms with van der Waals surface area (Å²) < 4.78 is 0. The number of aryl methyl sites for hydroxylation is 1. The number of allylic oxidation sites excluding steroid dienone is 1. The van der Waals surface area contributed by atoms with Crippen LogP contribution < -0.4 is 5.73 Å². The van der Waals surface area contributed by atoms with Crippen molar-refractivity contribution >= 4 is 0 Å². The number of benzene rings is 1. The molecular weight excluding hydrogens is 194 g/mol. The second-order valence-corrected chi connectivity index (χ2v) is 4.66. The van der Waals surface area contributed by atoms with Crippen molar-refractivity contribution in [1.29, 1.82) is 0 Å². The van der Waals surface area contributed by atoms with Gasteiger partial charge in [-0.15, -0.1) is 0 Å². The van der Waals surface area contributed by atoms with Crippen LogP contribution in [0.3, 0.4) is 0 Å². The Balaban J connectivity index is 1.83. The number of hydrogen-bond acceptors (Lipinski definition) is 1. The average molecular weight is 215 g/mol. The highest BCUT2D eigenvalue weighted by Gasteiger charge is 2.11. The van der Waals surface area contributed by atoms with Crippen LogP contribution in [0.4, 0.5) is 0 Å². The molecule has 1 nitrogen and oxygen atoms in total. The van der Waals surface area contributed by atoms with Gasteiger partial charge in [0.15, 0.2) is 0 Å². The summed E-state index contributed by atoms with van der Waals surface area (Å²) in [5.74, 6) is 0. The summed E-state index contributed by atoms with van der Waals surface area (Å²) in [5.41, 5.74) is 9.11. The first-order valence-electron chi connectivity index (χ1n) is 6.34. The van der Waals surface area contributed by atoms with Crippen molar-refractivity contribution < 1.29 is 0 Å². The Morgan fingerprint density at radius 2 is 1.94 bits per heavy atom. The van der Waals surface area contributed by atoms with Crippen LogP contribution in [0.1, 0.15) is 37.7 Å². The maximum atomic E-state index is 6.23. The fourth-order valence-electron chi connectivity index (χ4n) is 2.35. The second-order valence-electron chi connectivity index (χ2n) is 4.66. The summed E-state index contributed by atoms with van der Waals surface area (Å²) in [5, 5.41) is 0. The van der Waals surface area contributed by atoms with Crippen molar-refractivity contribution in [3.05, 3.63) is 47.5 Å². The smallest absolute Gasteiger partial charge is 0.0256 e. The topological polar surface area (TPSA) is 26.0 Å². The molecule has 0 aromatic heterocycles. The molecule has 86 valence electrons. The van der Waals surface area contributed by atoms with Crippen molar-refractivity contribution in [2.45, 2.75) is 44.6 Å². The molecular formula is C15H21N. The van der Waals surface area contributed by atoms with Gasteiger partial charge in [0.25, 0.3) is 0 Å². The lowest BCUT2D eigenvalue weighted by Crippen LogP contribution is -2.24. The molecule has 0 spiro atoms. The minimum Gasteiger partial charge on any atom is -0.324 e. The molecule has 1 aliphatic carbocycles. The van der Waals surface area contributed by atoms with E-state index in [4.69, 9.17) is 5.73 Å². The molecule has 0 radical (unpaired) electrons. The molecule has 2 N–H and O–H groups in total. The minimum absolute atomic E-state index is 0.278. The van der Waals surface area contributed by atoms with Crippen LogP contribution in [0, 0.1) is 0 Å². The molecule has 1 unspecified atom stereocenters. The van der Waals surface area contributed by atoms with Gasteiger partial charge in [0.05, 0.1) is 0 Å². The Kier molecular flexibility index (Phi) is 4.17. The summed E-state index contributed by atoms with van der Waals surface area (Å²) in [4.78, 5) is 0. The Morgan fingerprint density at radius 3 is 2.62 bits per heavy atom. The van der Waals surface area contributed by atoms with E-state index in [-0.39, 0.29) is 6.04 Å². The maximum absolute atomic E-state index is 6.23. The molecule has 0 saturated carbocycles. The predicted molar refractivity (Wildman–Crippen MR) is 69.3 cm³/mol. The third-order valence-corrected chi connectivity index (χ3v) is 3.39. The van der Waals surface area contributed by atoms with Crippen LogP contribution in [0.25, 0.3) is 0 Å². The van der Waals surface area contributed by atoms with E-state index in [2.05, 4.69) is 36.4 Å². The van der Waals surface area contributed by atoms with E-state index >= 15 is 0 Å². The molecule has 0 heterocycles. The highest BCUT2D eigenvalue weighted by Crippen LogP contribution is 2.21. The van der Waals surface area contributed by atoms with Crippen molar-refractivity contribution in [3.8, 4) is 0 Å². The van der Waals surface area contributed by atoms with Crippen LogP contribution in [0.2, 0.25) is 0 Å². The predicted octanol–water partition coefficient (Wildman–Crippen LogP) is 3.45. The molecule has 1 aromatic rings. The van der Waals surface area contributed by atoms with E-state index in [1.165, 1.54) is 36.8 Å². The fraction of sp³-hybridized carbons (Fsp3) is 0.467. The SMILES string of the molecule is NC(CCc1ccccc1)C1=CCCCC1. The highest BCUT2D eigenvalue weighted by atomic mass is 14.6. The van der Waals surface area contributed by atoms with Gasteiger partial charge in [0, 0.05) is 6.04 Å². The van der Waals surface area contributed by atoms with Crippen molar-refractivity contribution in [2.24, 2.45) is 5.73 Å². The standard InChI is InChI=1S/C15H21N/c16-15(14-9-5-2-6-10-14)12-11-13-7-3-1-4-8-13/h1,3-4,7-9,15H,2,5-6,10-12,16H2. The molecule has 0 fully saturated rings. The lowest BCUT2D eigenvalue weighted by Gasteiger charge is -2.19. The summed E-state index contributed by atoms with van der Waals surface area (Å²) in [6, 6.07) is 10.9. The molecule has 1 atom stereocenters. The van der Waals surface area contributed by atoms with E-state index < -0.39 is 0 Å². The van der Waals surface area contributed by atoms with Gasteiger partial charge in [-0.05, 0) is 44.1 Å². The van der Waals surface area contributed by atoms with E-state index in [1.807, 2.05) is 0 Å². The summed E-state index contributed by atoms with van der Waals surface area (Å²) in [6.45, 7) is 0. The van der Waals surface area contributed by atoms with Crippen molar-refractivity contribution in [2.75, 3.05) is 0 Å². The molecule has 0 aliphatic heterocycles. The average Bonchev–Trinajstić information content (AvgIpc) is 2.38. The third-order valence-electron chi connectivity index (χ3n) is 3.39. The number of nitrogens with two attached hydrogens (primary N) is 1. The molecule has 2 rings (SSSR count). The van der Waals surface area contributed by atoms with E-state index in [0.717, 1.165) is 12.8 Å². The van der Waals surface area contributed by atoms with E-state index in [9.17, 15) is 0 Å². The molecule has 0 amide bonds. The molecule has 16 heavy (non-hydrogen) atoms. The van der Waals surface area contributed by atoms with Gasteiger partial charge >= 0.3 is 0 Å². The van der Waals surface area contributed by atoms with Gasteiger partial charge in [-0.2, -0.15) is 0 Å². The maximum Gasteiger partial charge on any atom is 0.0256 e. The van der Waals surface area contributed by atoms with Gasteiger partial charge in [0.2, 0.25) is 0 Å². The van der Waals surface area contributed by atoms with Crippen molar-refractivity contribution in [3.63, 3.8) is 0 Å². The van der Waals surface area contributed by atoms with Crippen LogP contribution in [-0.2, 0) is 6.42 Å². The Bertz CT molecular complexity index is 340. The van der Waals surface area contributed by atoms with Crippen molar-refractivity contribution in [1.82, 2.24) is 0 Å². The molecule has 0 bridgehead atoms. The van der Waals surface area contributed by atoms with Crippen LogP contribution in [0.5, 0.6) is 0 Å². The van der Waals surface area contributed by atoms with Gasteiger partial charge < -0.3 is 5.73 Å². The molecule has 1 heteroatoms. The Morgan fingerprint density at radius 1 is 1.12 bits per heavy atom. The molecule has 1 aliphatic rings. The number of rotatable bonds is 4. The zero-order chi connectivity index (χ0) is 11.2. The Labute approximate surface area is 98.4 Å². The summed E-state index contributed by atoms with van der Waals surface area (Å²) in [6.07, 6.45) is 9.65. The zero-order valence-electron chi connectivity index (χ0n) is 9.86. The van der Waals surface area contributed by atoms with Gasteiger partial charge in [-0.3, -0.25) is 0 Å². The van der Waals surface area contributed by atoms with Gasteiger partial charge in [-0.25, -0.2) is 0 Å². The lowest BCUT2D eigenvalue weighted by molar-refractivity contribution is 0.604. The van der Waals surface area contributed by atoms with Gasteiger partial charge in [-0.1, -0.05) is 42.0 Å². The lowest BCUT2D eigenvalue weighted by atomic mass is 9.91. The largest absolute Gasteiger partial charge is 0.324 e. The first-order valence-corrected chi connectivity index (χ1v) is 6.34. The quantitative estimate of drug-likeness (QED) is 0.765. The molecule has 1 aromatic carbocycles. The van der Waals surface area contributed by atoms with Gasteiger partial charge in [0.1, 0.15) is 0 Å². The van der Waals surface area contributed by atoms with Crippen LogP contribution >= 0.6 is 0 Å². The van der Waals surface area contributed by atoms with E-state index in [1.54, 1.807) is 0 Å². The highest BCUT2D eigenvalue weighted by molar-refractivity contribution is 5.17. The number of hydrogen-bond donors (Lipinski definition) is 1. The second kappa shape index (κ2) is 5.86. The first-order chi connectivity index (χ1) is 7.86. The van der Waals surface area contributed by atoms with Crippen LogP contribution in [-0.4, -0.2) is 6.04 Å². The first kappa shape index (κ1) is 11.4. The fourth-order valence-corrected chi connectivity index (χ4v) is 2.35. The minimum atomic E-state index is 0.278. The third kappa shape index (κ3) is 3.21.